The second-order valence-corrected chi connectivity index (χ2v) is 5.51. The zero-order valence-electron chi connectivity index (χ0n) is 11.0. The van der Waals surface area contributed by atoms with Crippen LogP contribution in [-0.4, -0.2) is 34.2 Å². The first kappa shape index (κ1) is 14.0. The van der Waals surface area contributed by atoms with Gasteiger partial charge in [-0.05, 0) is 12.1 Å². The number of aromatic nitrogens is 3. The highest BCUT2D eigenvalue weighted by Gasteiger charge is 2.13. The largest absolute Gasteiger partial charge is 0.375 e. The molecule has 2 aromatic heterocycles. The number of carbonyl (C=O) groups is 1. The van der Waals surface area contributed by atoms with Crippen molar-refractivity contribution in [3.05, 3.63) is 34.7 Å². The van der Waals surface area contributed by atoms with Crippen molar-refractivity contribution in [3.8, 4) is 11.3 Å². The number of benzene rings is 1. The van der Waals surface area contributed by atoms with Crippen molar-refractivity contribution in [2.75, 3.05) is 19.0 Å². The summed E-state index contributed by atoms with van der Waals surface area (Å²) in [6, 6.07) is 7.46. The van der Waals surface area contributed by atoms with E-state index in [1.165, 1.54) is 18.4 Å². The van der Waals surface area contributed by atoms with Crippen LogP contribution in [0.25, 0.3) is 16.2 Å². The molecule has 0 bridgehead atoms. The van der Waals surface area contributed by atoms with E-state index < -0.39 is 0 Å². The number of hydrogen-bond donors (Lipinski definition) is 1. The Morgan fingerprint density at radius 3 is 2.90 bits per heavy atom. The summed E-state index contributed by atoms with van der Waals surface area (Å²) in [6.45, 7) is -0.0309. The first-order chi connectivity index (χ1) is 10.2. The lowest BCUT2D eigenvalue weighted by atomic mass is 10.2. The number of amides is 1. The number of nitrogens with one attached hydrogen (secondary N) is 1. The van der Waals surface area contributed by atoms with Crippen molar-refractivity contribution in [2.24, 2.45) is 0 Å². The molecule has 1 amide bonds. The van der Waals surface area contributed by atoms with E-state index in [2.05, 4.69) is 15.4 Å². The maximum Gasteiger partial charge on any atom is 0.252 e. The minimum absolute atomic E-state index is 0.0309. The Bertz CT molecular complexity index is 781. The molecule has 0 unspecified atom stereocenters. The van der Waals surface area contributed by atoms with Crippen molar-refractivity contribution in [1.82, 2.24) is 14.6 Å². The van der Waals surface area contributed by atoms with Crippen LogP contribution < -0.4 is 5.32 Å². The van der Waals surface area contributed by atoms with Crippen LogP contribution in [0.5, 0.6) is 0 Å². The van der Waals surface area contributed by atoms with Crippen molar-refractivity contribution in [1.29, 1.82) is 0 Å². The number of ether oxygens (including phenoxy) is 1. The number of halogens is 1. The fraction of sp³-hybridized carbons (Fsp3) is 0.154. The lowest BCUT2D eigenvalue weighted by molar-refractivity contribution is -0.119. The summed E-state index contributed by atoms with van der Waals surface area (Å²) >= 11 is 7.34. The van der Waals surface area contributed by atoms with Gasteiger partial charge in [-0.2, -0.15) is 4.98 Å². The van der Waals surface area contributed by atoms with Crippen LogP contribution >= 0.6 is 22.9 Å². The van der Waals surface area contributed by atoms with Gasteiger partial charge in [0.2, 0.25) is 4.96 Å². The van der Waals surface area contributed by atoms with Crippen molar-refractivity contribution in [3.63, 3.8) is 0 Å². The number of carbonyl (C=O) groups excluding carboxylic acids is 1. The average Bonchev–Trinajstić information content (AvgIpc) is 3.00. The van der Waals surface area contributed by atoms with Gasteiger partial charge in [-0.25, -0.2) is 4.52 Å². The van der Waals surface area contributed by atoms with Crippen LogP contribution in [0, 0.1) is 0 Å². The summed E-state index contributed by atoms with van der Waals surface area (Å²) in [5, 5.41) is 9.51. The second kappa shape index (κ2) is 5.80. The predicted octanol–water partition coefficient (Wildman–Crippen LogP) is 2.70. The van der Waals surface area contributed by atoms with Gasteiger partial charge in [0.05, 0.1) is 5.69 Å². The minimum atomic E-state index is -0.288. The quantitative estimate of drug-likeness (QED) is 0.802. The van der Waals surface area contributed by atoms with E-state index in [0.717, 1.165) is 11.3 Å². The van der Waals surface area contributed by atoms with Crippen LogP contribution in [0.3, 0.4) is 0 Å². The van der Waals surface area contributed by atoms with E-state index in [9.17, 15) is 4.79 Å². The Hall–Kier alpha value is -1.96. The number of methoxy groups -OCH3 is 1. The van der Waals surface area contributed by atoms with Crippen LogP contribution in [0.1, 0.15) is 0 Å². The molecule has 21 heavy (non-hydrogen) atoms. The van der Waals surface area contributed by atoms with Crippen molar-refractivity contribution < 1.29 is 9.53 Å². The lowest BCUT2D eigenvalue weighted by Crippen LogP contribution is -2.18. The van der Waals surface area contributed by atoms with Gasteiger partial charge in [0.1, 0.15) is 6.61 Å². The second-order valence-electron chi connectivity index (χ2n) is 4.24. The third-order valence-electron chi connectivity index (χ3n) is 2.75. The molecule has 3 rings (SSSR count). The van der Waals surface area contributed by atoms with Crippen molar-refractivity contribution in [2.45, 2.75) is 0 Å². The van der Waals surface area contributed by atoms with E-state index in [1.54, 1.807) is 4.52 Å². The predicted molar refractivity (Wildman–Crippen MR) is 81.8 cm³/mol. The topological polar surface area (TPSA) is 68.5 Å². The Morgan fingerprint density at radius 1 is 1.43 bits per heavy atom. The molecule has 0 saturated heterocycles. The van der Waals surface area contributed by atoms with Crippen molar-refractivity contribution >= 4 is 39.8 Å². The third-order valence-corrected chi connectivity index (χ3v) is 3.82. The number of rotatable bonds is 4. The maximum absolute atomic E-state index is 11.5. The highest BCUT2D eigenvalue weighted by Crippen LogP contribution is 2.26. The zero-order chi connectivity index (χ0) is 14.8. The molecule has 0 aliphatic carbocycles. The van der Waals surface area contributed by atoms with Gasteiger partial charge in [0.25, 0.3) is 11.9 Å². The van der Waals surface area contributed by atoms with Crippen LogP contribution in [-0.2, 0) is 9.53 Å². The fourth-order valence-electron chi connectivity index (χ4n) is 1.85. The summed E-state index contributed by atoms with van der Waals surface area (Å²) in [5.41, 5.74) is 1.87. The number of fused-ring (bicyclic) bond motifs is 1. The first-order valence-electron chi connectivity index (χ1n) is 6.06. The number of hydrogen-bond acceptors (Lipinski definition) is 5. The zero-order valence-corrected chi connectivity index (χ0v) is 12.6. The molecule has 108 valence electrons. The molecule has 1 N–H and O–H groups in total. The van der Waals surface area contributed by atoms with Crippen LogP contribution in [0.2, 0.25) is 5.02 Å². The lowest BCUT2D eigenvalue weighted by Gasteiger charge is -1.99. The molecule has 8 heteroatoms. The Morgan fingerprint density at radius 2 is 2.19 bits per heavy atom. The Labute approximate surface area is 129 Å². The Balaban J connectivity index is 1.93. The molecule has 0 aliphatic rings. The molecule has 0 radical (unpaired) electrons. The normalized spacial score (nSPS) is 11.0. The number of anilines is 1. The molecule has 0 atom stereocenters. The molecule has 6 nitrogen and oxygen atoms in total. The maximum atomic E-state index is 11.5. The standard InChI is InChI=1S/C13H11ClN4O2S/c1-20-6-11(19)15-12-16-13-18(17-12)10(7-21-13)8-2-4-9(14)5-3-8/h2-5,7H,6H2,1H3,(H,15,17,19). The summed E-state index contributed by atoms with van der Waals surface area (Å²) in [4.78, 5) is 16.4. The monoisotopic (exact) mass is 322 g/mol. The van der Waals surface area contributed by atoms with Gasteiger partial charge in [0, 0.05) is 23.1 Å². The first-order valence-corrected chi connectivity index (χ1v) is 7.32. The molecule has 0 fully saturated rings. The van der Waals surface area contributed by atoms with E-state index in [4.69, 9.17) is 16.3 Å². The highest BCUT2D eigenvalue weighted by atomic mass is 35.5. The third kappa shape index (κ3) is 2.90. The Kier molecular flexibility index (Phi) is 3.87. The SMILES string of the molecule is COCC(=O)Nc1nc2scc(-c3ccc(Cl)cc3)n2n1. The smallest absolute Gasteiger partial charge is 0.252 e. The molecule has 0 aliphatic heterocycles. The highest BCUT2D eigenvalue weighted by molar-refractivity contribution is 7.15. The number of nitrogens with zero attached hydrogens (tertiary/aromatic N) is 3. The molecule has 0 saturated carbocycles. The van der Waals surface area contributed by atoms with E-state index in [1.807, 2.05) is 29.6 Å². The van der Waals surface area contributed by atoms with Gasteiger partial charge in [0.15, 0.2) is 0 Å². The number of thiazole rings is 1. The minimum Gasteiger partial charge on any atom is -0.375 e. The van der Waals surface area contributed by atoms with Gasteiger partial charge in [-0.15, -0.1) is 16.4 Å². The van der Waals surface area contributed by atoms with Crippen LogP contribution in [0.15, 0.2) is 29.6 Å². The fourth-order valence-corrected chi connectivity index (χ4v) is 2.80. The summed E-state index contributed by atoms with van der Waals surface area (Å²) in [5.74, 6) is -0.0251. The summed E-state index contributed by atoms with van der Waals surface area (Å²) in [6.07, 6.45) is 0. The van der Waals surface area contributed by atoms with E-state index in [0.29, 0.717) is 9.98 Å². The molecule has 3 aromatic rings. The molecule has 1 aromatic carbocycles. The molecule has 0 spiro atoms. The van der Waals surface area contributed by atoms with Gasteiger partial charge in [-0.1, -0.05) is 23.7 Å². The van der Waals surface area contributed by atoms with Gasteiger partial charge >= 0.3 is 0 Å². The molecular formula is C13H11ClN4O2S. The summed E-state index contributed by atoms with van der Waals surface area (Å²) < 4.78 is 6.44. The van der Waals surface area contributed by atoms with E-state index >= 15 is 0 Å². The van der Waals surface area contributed by atoms with Gasteiger partial charge < -0.3 is 4.74 Å². The van der Waals surface area contributed by atoms with Crippen LogP contribution in [0.4, 0.5) is 5.95 Å². The average molecular weight is 323 g/mol. The molecular weight excluding hydrogens is 312 g/mol. The van der Waals surface area contributed by atoms with Gasteiger partial charge in [-0.3, -0.25) is 10.1 Å². The summed E-state index contributed by atoms with van der Waals surface area (Å²) in [7, 11) is 1.46. The molecule has 2 heterocycles. The van der Waals surface area contributed by atoms with E-state index in [-0.39, 0.29) is 18.5 Å².